The van der Waals surface area contributed by atoms with E-state index < -0.39 is 5.60 Å². The van der Waals surface area contributed by atoms with Crippen LogP contribution in [0, 0.1) is 6.92 Å². The number of hydrogen-bond acceptors (Lipinski definition) is 3. The van der Waals surface area contributed by atoms with E-state index in [4.69, 9.17) is 0 Å². The fourth-order valence-electron chi connectivity index (χ4n) is 2.16. The predicted octanol–water partition coefficient (Wildman–Crippen LogP) is 1.00. The molecule has 0 saturated carbocycles. The lowest BCUT2D eigenvalue weighted by molar-refractivity contribution is -0.125. The molecule has 0 bridgehead atoms. The highest BCUT2D eigenvalue weighted by Gasteiger charge is 2.37. The first-order valence-electron chi connectivity index (χ1n) is 5.76. The Labute approximate surface area is 101 Å². The molecule has 1 aromatic rings. The van der Waals surface area contributed by atoms with Gasteiger partial charge in [-0.3, -0.25) is 9.69 Å². The quantitative estimate of drug-likeness (QED) is 0.820. The molecule has 92 valence electrons. The molecule has 17 heavy (non-hydrogen) atoms. The van der Waals surface area contributed by atoms with Gasteiger partial charge < -0.3 is 10.4 Å². The summed E-state index contributed by atoms with van der Waals surface area (Å²) < 4.78 is 0. The minimum atomic E-state index is -0.621. The van der Waals surface area contributed by atoms with E-state index in [2.05, 4.69) is 5.32 Å². The third kappa shape index (κ3) is 3.28. The third-order valence-electron chi connectivity index (χ3n) is 2.80. The van der Waals surface area contributed by atoms with Crippen LogP contribution in [0.4, 0.5) is 5.69 Å². The minimum Gasteiger partial charge on any atom is -0.388 e. The number of amides is 1. The second-order valence-electron chi connectivity index (χ2n) is 5.06. The van der Waals surface area contributed by atoms with E-state index in [1.807, 2.05) is 36.1 Å². The number of carbonyl (C=O) groups excluding carboxylic acids is 1. The number of carbonyl (C=O) groups is 1. The average Bonchev–Trinajstić information content (AvgIpc) is 2.14. The van der Waals surface area contributed by atoms with Crippen molar-refractivity contribution in [1.29, 1.82) is 0 Å². The van der Waals surface area contributed by atoms with Crippen molar-refractivity contribution in [3.8, 4) is 0 Å². The number of aryl methyl sites for hydroxylation is 1. The highest BCUT2D eigenvalue weighted by molar-refractivity contribution is 5.92. The summed E-state index contributed by atoms with van der Waals surface area (Å²) in [5.74, 6) is -0.0360. The van der Waals surface area contributed by atoms with Gasteiger partial charge in [-0.05, 0) is 31.5 Å². The summed E-state index contributed by atoms with van der Waals surface area (Å²) in [6.07, 6.45) is 0. The Balaban J connectivity index is 1.82. The molecule has 1 amide bonds. The van der Waals surface area contributed by atoms with Gasteiger partial charge in [0, 0.05) is 18.8 Å². The van der Waals surface area contributed by atoms with Crippen LogP contribution in [0.1, 0.15) is 12.5 Å². The zero-order valence-electron chi connectivity index (χ0n) is 10.2. The Hall–Kier alpha value is -1.39. The number of rotatable bonds is 3. The van der Waals surface area contributed by atoms with E-state index in [0.717, 1.165) is 11.3 Å². The molecular formula is C13H18N2O2. The van der Waals surface area contributed by atoms with Crippen LogP contribution in [0.5, 0.6) is 0 Å². The molecule has 1 aromatic carbocycles. The summed E-state index contributed by atoms with van der Waals surface area (Å²) >= 11 is 0. The summed E-state index contributed by atoms with van der Waals surface area (Å²) in [6, 6.07) is 7.71. The number of likely N-dealkylation sites (tertiary alicyclic amines) is 1. The standard InChI is InChI=1S/C13H18N2O2/c1-10-4-3-5-11(6-10)14-12(16)7-15-8-13(2,17)9-15/h3-6,17H,7-9H2,1-2H3,(H,14,16). The average molecular weight is 234 g/mol. The Morgan fingerprint density at radius 3 is 2.82 bits per heavy atom. The fraction of sp³-hybridized carbons (Fsp3) is 0.462. The molecule has 1 heterocycles. The highest BCUT2D eigenvalue weighted by Crippen LogP contribution is 2.19. The van der Waals surface area contributed by atoms with Crippen molar-refractivity contribution in [2.45, 2.75) is 19.4 Å². The fourth-order valence-corrected chi connectivity index (χ4v) is 2.16. The van der Waals surface area contributed by atoms with Crippen molar-refractivity contribution in [3.05, 3.63) is 29.8 Å². The van der Waals surface area contributed by atoms with E-state index in [1.165, 1.54) is 0 Å². The number of nitrogens with one attached hydrogen (secondary N) is 1. The molecule has 0 aliphatic carbocycles. The second-order valence-corrected chi connectivity index (χ2v) is 5.06. The monoisotopic (exact) mass is 234 g/mol. The van der Waals surface area contributed by atoms with E-state index in [1.54, 1.807) is 6.92 Å². The molecular weight excluding hydrogens is 216 g/mol. The number of hydrogen-bond donors (Lipinski definition) is 2. The van der Waals surface area contributed by atoms with Gasteiger partial charge >= 0.3 is 0 Å². The topological polar surface area (TPSA) is 52.6 Å². The third-order valence-corrected chi connectivity index (χ3v) is 2.80. The first kappa shape index (κ1) is 12.1. The summed E-state index contributed by atoms with van der Waals surface area (Å²) in [4.78, 5) is 13.6. The van der Waals surface area contributed by atoms with Crippen LogP contribution >= 0.6 is 0 Å². The largest absolute Gasteiger partial charge is 0.388 e. The number of β-amino-alcohol motifs (C(OH)–C–C–N with tert-alkyl or cyclic N) is 1. The SMILES string of the molecule is Cc1cccc(NC(=O)CN2CC(C)(O)C2)c1. The molecule has 0 unspecified atom stereocenters. The smallest absolute Gasteiger partial charge is 0.238 e. The van der Waals surface area contributed by atoms with Gasteiger partial charge in [-0.25, -0.2) is 0 Å². The molecule has 2 N–H and O–H groups in total. The maximum Gasteiger partial charge on any atom is 0.238 e. The Kier molecular flexibility index (Phi) is 3.17. The van der Waals surface area contributed by atoms with E-state index in [9.17, 15) is 9.90 Å². The van der Waals surface area contributed by atoms with Gasteiger partial charge in [0.1, 0.15) is 0 Å². The van der Waals surface area contributed by atoms with E-state index >= 15 is 0 Å². The molecule has 0 spiro atoms. The molecule has 4 heteroatoms. The van der Waals surface area contributed by atoms with Crippen LogP contribution in [0.3, 0.4) is 0 Å². The van der Waals surface area contributed by atoms with E-state index in [-0.39, 0.29) is 5.91 Å². The molecule has 1 saturated heterocycles. The van der Waals surface area contributed by atoms with E-state index in [0.29, 0.717) is 19.6 Å². The summed E-state index contributed by atoms with van der Waals surface area (Å²) in [5, 5.41) is 12.4. The molecule has 0 aromatic heterocycles. The van der Waals surface area contributed by atoms with Gasteiger partial charge in [0.25, 0.3) is 0 Å². The van der Waals surface area contributed by atoms with Gasteiger partial charge in [0.2, 0.25) is 5.91 Å². The molecule has 1 fully saturated rings. The van der Waals surface area contributed by atoms with Gasteiger partial charge in [-0.1, -0.05) is 12.1 Å². The second kappa shape index (κ2) is 4.47. The number of aliphatic hydroxyl groups is 1. The maximum atomic E-state index is 11.7. The van der Waals surface area contributed by atoms with Crippen LogP contribution in [-0.4, -0.2) is 41.1 Å². The first-order chi connectivity index (χ1) is 7.94. The van der Waals surface area contributed by atoms with Crippen molar-refractivity contribution >= 4 is 11.6 Å². The number of nitrogens with zero attached hydrogens (tertiary/aromatic N) is 1. The van der Waals surface area contributed by atoms with Gasteiger partial charge in [0.05, 0.1) is 12.1 Å². The minimum absolute atomic E-state index is 0.0360. The van der Waals surface area contributed by atoms with Crippen LogP contribution in [-0.2, 0) is 4.79 Å². The summed E-state index contributed by atoms with van der Waals surface area (Å²) in [5.41, 5.74) is 1.32. The van der Waals surface area contributed by atoms with Crippen molar-refractivity contribution in [2.75, 3.05) is 25.0 Å². The molecule has 1 aliphatic rings. The zero-order chi connectivity index (χ0) is 12.5. The number of anilines is 1. The van der Waals surface area contributed by atoms with Crippen molar-refractivity contribution in [1.82, 2.24) is 4.90 Å². The molecule has 4 nitrogen and oxygen atoms in total. The molecule has 1 aliphatic heterocycles. The molecule has 0 atom stereocenters. The van der Waals surface area contributed by atoms with Gasteiger partial charge in [-0.15, -0.1) is 0 Å². The Bertz CT molecular complexity index is 421. The summed E-state index contributed by atoms with van der Waals surface area (Å²) in [6.45, 7) is 5.23. The highest BCUT2D eigenvalue weighted by atomic mass is 16.3. The van der Waals surface area contributed by atoms with Gasteiger partial charge in [-0.2, -0.15) is 0 Å². The zero-order valence-corrected chi connectivity index (χ0v) is 10.2. The predicted molar refractivity (Wildman–Crippen MR) is 66.9 cm³/mol. The Morgan fingerprint density at radius 1 is 1.53 bits per heavy atom. The number of benzene rings is 1. The molecule has 0 radical (unpaired) electrons. The lowest BCUT2D eigenvalue weighted by atomic mass is 9.97. The lowest BCUT2D eigenvalue weighted by Crippen LogP contribution is -2.61. The Morgan fingerprint density at radius 2 is 2.24 bits per heavy atom. The normalized spacial score (nSPS) is 18.5. The van der Waals surface area contributed by atoms with Crippen molar-refractivity contribution in [2.24, 2.45) is 0 Å². The van der Waals surface area contributed by atoms with Crippen molar-refractivity contribution < 1.29 is 9.90 Å². The maximum absolute atomic E-state index is 11.7. The van der Waals surface area contributed by atoms with Gasteiger partial charge in [0.15, 0.2) is 0 Å². The van der Waals surface area contributed by atoms with Crippen LogP contribution in [0.25, 0.3) is 0 Å². The lowest BCUT2D eigenvalue weighted by Gasteiger charge is -2.43. The molecule has 2 rings (SSSR count). The summed E-state index contributed by atoms with van der Waals surface area (Å²) in [7, 11) is 0. The van der Waals surface area contributed by atoms with Crippen molar-refractivity contribution in [3.63, 3.8) is 0 Å². The van der Waals surface area contributed by atoms with Crippen LogP contribution in [0.15, 0.2) is 24.3 Å². The van der Waals surface area contributed by atoms with Crippen LogP contribution in [0.2, 0.25) is 0 Å². The first-order valence-corrected chi connectivity index (χ1v) is 5.76. The van der Waals surface area contributed by atoms with Crippen LogP contribution < -0.4 is 5.32 Å².